The van der Waals surface area contributed by atoms with Crippen molar-refractivity contribution in [3.63, 3.8) is 0 Å². The normalized spacial score (nSPS) is 14.7. The van der Waals surface area contributed by atoms with Crippen LogP contribution in [0.1, 0.15) is 5.56 Å². The van der Waals surface area contributed by atoms with Gasteiger partial charge in [-0.2, -0.15) is 0 Å². The van der Waals surface area contributed by atoms with E-state index in [4.69, 9.17) is 0 Å². The number of H-pyrrole nitrogens is 1. The third-order valence-corrected chi connectivity index (χ3v) is 3.94. The molecule has 6 nitrogen and oxygen atoms in total. The van der Waals surface area contributed by atoms with Crippen LogP contribution in [0.3, 0.4) is 0 Å². The van der Waals surface area contributed by atoms with Gasteiger partial charge in [0.25, 0.3) is 11.5 Å². The van der Waals surface area contributed by atoms with Crippen LogP contribution in [0.4, 0.5) is 0 Å². The van der Waals surface area contributed by atoms with Gasteiger partial charge in [0.1, 0.15) is 5.56 Å². The van der Waals surface area contributed by atoms with Crippen LogP contribution < -0.4 is 16.1 Å². The lowest BCUT2D eigenvalue weighted by Gasteiger charge is -2.04. The van der Waals surface area contributed by atoms with Gasteiger partial charge in [0.15, 0.2) is 0 Å². The fraction of sp³-hybridized carbons (Fsp3) is 0. The first-order valence-electron chi connectivity index (χ1n) is 7.64. The summed E-state index contributed by atoms with van der Waals surface area (Å²) in [6, 6.07) is 16.1. The molecule has 1 aromatic heterocycles. The summed E-state index contributed by atoms with van der Waals surface area (Å²) >= 11 is 0. The molecule has 0 fully saturated rings. The first-order chi connectivity index (χ1) is 12.1. The van der Waals surface area contributed by atoms with Gasteiger partial charge in [0, 0.05) is 10.8 Å². The van der Waals surface area contributed by atoms with Crippen molar-refractivity contribution >= 4 is 18.1 Å². The second kappa shape index (κ2) is 5.76. The van der Waals surface area contributed by atoms with Gasteiger partial charge in [-0.05, 0) is 30.4 Å². The second-order valence-electron chi connectivity index (χ2n) is 5.57. The Bertz CT molecular complexity index is 1180. The average Bonchev–Trinajstić information content (AvgIpc) is 2.91. The SMILES string of the molecule is O=C1N=c2ccccc2=CC1=Cc1c(O)n(-c2ccccc2)[nH]c1=O. The van der Waals surface area contributed by atoms with E-state index < -0.39 is 11.5 Å². The first kappa shape index (κ1) is 14.9. The van der Waals surface area contributed by atoms with Gasteiger partial charge < -0.3 is 5.11 Å². The number of aromatic amines is 1. The third-order valence-electron chi connectivity index (χ3n) is 3.94. The highest BCUT2D eigenvalue weighted by molar-refractivity contribution is 6.07. The highest BCUT2D eigenvalue weighted by Gasteiger charge is 2.17. The Hall–Kier alpha value is -3.67. The van der Waals surface area contributed by atoms with E-state index in [1.165, 1.54) is 10.8 Å². The van der Waals surface area contributed by atoms with Crippen LogP contribution in [-0.4, -0.2) is 20.8 Å². The molecule has 1 amide bonds. The lowest BCUT2D eigenvalue weighted by atomic mass is 10.1. The van der Waals surface area contributed by atoms with Crippen LogP contribution >= 0.6 is 0 Å². The van der Waals surface area contributed by atoms with Gasteiger partial charge in [0.05, 0.1) is 11.0 Å². The van der Waals surface area contributed by atoms with Gasteiger partial charge in [0.2, 0.25) is 5.88 Å². The van der Waals surface area contributed by atoms with Crippen LogP contribution in [0.25, 0.3) is 17.8 Å². The molecule has 0 bridgehead atoms. The van der Waals surface area contributed by atoms with Gasteiger partial charge in [-0.25, -0.2) is 9.67 Å². The molecule has 4 rings (SSSR count). The molecule has 25 heavy (non-hydrogen) atoms. The van der Waals surface area contributed by atoms with E-state index in [-0.39, 0.29) is 17.0 Å². The zero-order valence-corrected chi connectivity index (χ0v) is 13.0. The van der Waals surface area contributed by atoms with Crippen LogP contribution in [0.15, 0.2) is 70.0 Å². The Kier molecular flexibility index (Phi) is 3.43. The summed E-state index contributed by atoms with van der Waals surface area (Å²) in [5, 5.41) is 14.3. The molecule has 0 atom stereocenters. The molecule has 0 spiro atoms. The zero-order valence-electron chi connectivity index (χ0n) is 13.0. The molecule has 6 heteroatoms. The molecule has 2 heterocycles. The second-order valence-corrected chi connectivity index (χ2v) is 5.57. The Balaban J connectivity index is 1.86. The molecule has 2 aromatic carbocycles. The molecule has 0 saturated heterocycles. The van der Waals surface area contributed by atoms with Crippen molar-refractivity contribution in [1.82, 2.24) is 9.78 Å². The van der Waals surface area contributed by atoms with Crippen molar-refractivity contribution in [2.75, 3.05) is 0 Å². The minimum atomic E-state index is -0.492. The van der Waals surface area contributed by atoms with Crippen LogP contribution in [-0.2, 0) is 4.79 Å². The molecule has 2 N–H and O–H groups in total. The van der Waals surface area contributed by atoms with Gasteiger partial charge in [-0.3, -0.25) is 14.7 Å². The summed E-state index contributed by atoms with van der Waals surface area (Å²) in [6.45, 7) is 0. The summed E-state index contributed by atoms with van der Waals surface area (Å²) < 4.78 is 1.27. The lowest BCUT2D eigenvalue weighted by molar-refractivity contribution is -0.114. The van der Waals surface area contributed by atoms with Crippen molar-refractivity contribution in [1.29, 1.82) is 0 Å². The molecule has 3 aromatic rings. The highest BCUT2D eigenvalue weighted by atomic mass is 16.3. The predicted molar refractivity (Wildman–Crippen MR) is 92.7 cm³/mol. The summed E-state index contributed by atoms with van der Waals surface area (Å²) in [4.78, 5) is 28.4. The third kappa shape index (κ3) is 2.59. The summed E-state index contributed by atoms with van der Waals surface area (Å²) in [5.41, 5.74) is 0.369. The van der Waals surface area contributed by atoms with E-state index in [2.05, 4.69) is 10.1 Å². The zero-order chi connectivity index (χ0) is 17.4. The fourth-order valence-electron chi connectivity index (χ4n) is 2.70. The van der Waals surface area contributed by atoms with Crippen molar-refractivity contribution in [2.24, 2.45) is 4.99 Å². The summed E-state index contributed by atoms with van der Waals surface area (Å²) in [5.74, 6) is -0.714. The number of carbonyl (C=O) groups is 1. The van der Waals surface area contributed by atoms with E-state index in [0.717, 1.165) is 5.22 Å². The number of aromatic nitrogens is 2. The minimum absolute atomic E-state index is 0.0121. The number of nitrogens with zero attached hydrogens (tertiary/aromatic N) is 2. The number of benzene rings is 2. The number of nitrogens with one attached hydrogen (secondary N) is 1. The summed E-state index contributed by atoms with van der Waals surface area (Å²) in [7, 11) is 0. The number of rotatable bonds is 2. The van der Waals surface area contributed by atoms with Gasteiger partial charge in [-0.15, -0.1) is 0 Å². The van der Waals surface area contributed by atoms with Crippen molar-refractivity contribution < 1.29 is 9.90 Å². The maximum Gasteiger partial charge on any atom is 0.277 e. The molecular weight excluding hydrogens is 318 g/mol. The van der Waals surface area contributed by atoms with E-state index in [1.807, 2.05) is 18.2 Å². The van der Waals surface area contributed by atoms with Crippen LogP contribution in [0.5, 0.6) is 5.88 Å². The first-order valence-corrected chi connectivity index (χ1v) is 7.64. The standard InChI is InChI=1S/C19H13N3O3/c23-17-13(10-12-6-4-5-9-16(12)20-17)11-15-18(24)21-22(19(15)25)14-7-2-1-3-8-14/h1-11,25H,(H,21,24). The Labute approximate surface area is 141 Å². The molecule has 1 aliphatic rings. The average molecular weight is 331 g/mol. The highest BCUT2D eigenvalue weighted by Crippen LogP contribution is 2.21. The van der Waals surface area contributed by atoms with Crippen molar-refractivity contribution in [2.45, 2.75) is 0 Å². The van der Waals surface area contributed by atoms with Crippen molar-refractivity contribution in [3.8, 4) is 11.6 Å². The van der Waals surface area contributed by atoms with Crippen LogP contribution in [0.2, 0.25) is 0 Å². The number of hydrogen-bond acceptors (Lipinski definition) is 3. The van der Waals surface area contributed by atoms with E-state index >= 15 is 0 Å². The largest absolute Gasteiger partial charge is 0.493 e. The predicted octanol–water partition coefficient (Wildman–Crippen LogP) is 0.895. The minimum Gasteiger partial charge on any atom is -0.493 e. The molecule has 0 aliphatic carbocycles. The number of para-hydroxylation sites is 2. The Morgan fingerprint density at radius 1 is 1.00 bits per heavy atom. The van der Waals surface area contributed by atoms with E-state index in [0.29, 0.717) is 11.0 Å². The summed E-state index contributed by atoms with van der Waals surface area (Å²) in [6.07, 6.45) is 3.01. The maximum absolute atomic E-state index is 12.2. The lowest BCUT2D eigenvalue weighted by Crippen LogP contribution is -2.30. The smallest absolute Gasteiger partial charge is 0.277 e. The topological polar surface area (TPSA) is 87.4 Å². The number of hydrogen-bond donors (Lipinski definition) is 2. The monoisotopic (exact) mass is 331 g/mol. The molecule has 122 valence electrons. The molecule has 0 unspecified atom stereocenters. The van der Waals surface area contributed by atoms with Gasteiger partial charge >= 0.3 is 0 Å². The molecule has 0 radical (unpaired) electrons. The van der Waals surface area contributed by atoms with E-state index in [9.17, 15) is 14.7 Å². The fourth-order valence-corrected chi connectivity index (χ4v) is 2.70. The molecular formula is C19H13N3O3. The number of amides is 1. The maximum atomic E-state index is 12.2. The Morgan fingerprint density at radius 2 is 1.72 bits per heavy atom. The quantitative estimate of drug-likeness (QED) is 0.684. The van der Waals surface area contributed by atoms with Gasteiger partial charge in [-0.1, -0.05) is 36.4 Å². The van der Waals surface area contributed by atoms with Crippen molar-refractivity contribution in [3.05, 3.63) is 86.7 Å². The number of aromatic hydroxyl groups is 1. The van der Waals surface area contributed by atoms with E-state index in [1.54, 1.807) is 42.5 Å². The molecule has 0 saturated carbocycles. The Morgan fingerprint density at radius 3 is 2.52 bits per heavy atom. The number of carbonyl (C=O) groups excluding carboxylic acids is 1. The van der Waals surface area contributed by atoms with Crippen LogP contribution in [0, 0.1) is 0 Å². The molecule has 1 aliphatic heterocycles. The number of fused-ring (bicyclic) bond motifs is 1.